The molecule has 0 heterocycles. The summed E-state index contributed by atoms with van der Waals surface area (Å²) in [7, 11) is 0. The average molecular weight is 769 g/mol. The van der Waals surface area contributed by atoms with Gasteiger partial charge in [-0.3, -0.25) is 14.4 Å². The highest BCUT2D eigenvalue weighted by molar-refractivity contribution is 5.85. The number of fused-ring (bicyclic) bond motifs is 5. The van der Waals surface area contributed by atoms with E-state index in [1.807, 2.05) is 25.1 Å². The predicted octanol–water partition coefficient (Wildman–Crippen LogP) is 5.46. The molecule has 5 rings (SSSR count). The Kier molecular flexibility index (Phi) is 13.4. The van der Waals surface area contributed by atoms with Crippen LogP contribution in [0.5, 0.6) is 0 Å². The maximum atomic E-state index is 13.0. The van der Waals surface area contributed by atoms with Gasteiger partial charge in [-0.15, -0.1) is 0 Å². The molecular weight excluding hydrogens is 708 g/mol. The van der Waals surface area contributed by atoms with E-state index in [0.717, 1.165) is 63.4 Å². The van der Waals surface area contributed by atoms with Crippen LogP contribution >= 0.6 is 0 Å². The molecule has 1 amide bonds. The summed E-state index contributed by atoms with van der Waals surface area (Å²) in [5, 5.41) is 5.06. The molecule has 1 aromatic rings. The SMILES string of the molecule is CC(=O)[C@H]1CC[C@H]2[C@@H]3CC[C@H]4C[C@](C)(OC(=O)COC(=O)C(C)(C)OC(=O)CNCCOC(=O)CNC(=O)OCc5ccccc5)CC[C@]4(C)[C@H]3CC[C@]12C. The van der Waals surface area contributed by atoms with E-state index in [1.54, 1.807) is 19.1 Å². The number of ether oxygens (including phenoxy) is 5. The fourth-order valence-electron chi connectivity index (χ4n) is 10.5. The molecule has 4 aliphatic carbocycles. The number of rotatable bonds is 15. The molecule has 0 radical (unpaired) electrons. The van der Waals surface area contributed by atoms with Crippen LogP contribution in [0.3, 0.4) is 0 Å². The minimum absolute atomic E-state index is 0.0655. The highest BCUT2D eigenvalue weighted by Crippen LogP contribution is 2.68. The van der Waals surface area contributed by atoms with Crippen molar-refractivity contribution in [2.45, 2.75) is 117 Å². The molecule has 13 heteroatoms. The zero-order valence-corrected chi connectivity index (χ0v) is 33.4. The molecule has 0 bridgehead atoms. The molecule has 0 saturated heterocycles. The summed E-state index contributed by atoms with van der Waals surface area (Å²) >= 11 is 0. The van der Waals surface area contributed by atoms with Crippen molar-refractivity contribution in [2.24, 2.45) is 40.4 Å². The summed E-state index contributed by atoms with van der Waals surface area (Å²) < 4.78 is 26.6. The molecular formula is C42H60N2O11. The first-order valence-corrected chi connectivity index (χ1v) is 19.9. The molecule has 13 nitrogen and oxygen atoms in total. The van der Waals surface area contributed by atoms with Gasteiger partial charge in [0.2, 0.25) is 5.60 Å². The van der Waals surface area contributed by atoms with E-state index in [0.29, 0.717) is 29.5 Å². The number of hydrogen-bond acceptors (Lipinski definition) is 12. The van der Waals surface area contributed by atoms with Gasteiger partial charge in [-0.2, -0.15) is 0 Å². The number of esters is 4. The standard InChI is InChI=1S/C42H60N2O11/c1-27(45)31-14-15-32-30-13-12-29-22-40(4,18-19-41(29,5)33(30)16-17-42(31,32)6)55-36(48)26-52-37(49)39(2,3)54-35(47)23-43-20-21-51-34(46)24-44-38(50)53-25-28-10-8-7-9-11-28/h7-11,29-33,43H,12-26H2,1-6H3,(H,44,50)/t29-,30-,31+,32-,33-,40+,41-,42+/m0/s1. The number of nitrogens with one attached hydrogen (secondary N) is 2. The van der Waals surface area contributed by atoms with Gasteiger partial charge in [-0.1, -0.05) is 44.2 Å². The van der Waals surface area contributed by atoms with E-state index in [2.05, 4.69) is 24.5 Å². The third-order valence-electron chi connectivity index (χ3n) is 13.4. The molecule has 2 N–H and O–H groups in total. The van der Waals surface area contributed by atoms with Crippen molar-refractivity contribution in [1.29, 1.82) is 0 Å². The van der Waals surface area contributed by atoms with Gasteiger partial charge in [-0.25, -0.2) is 14.4 Å². The summed E-state index contributed by atoms with van der Waals surface area (Å²) in [6.45, 7) is 10.1. The Morgan fingerprint density at radius 2 is 1.51 bits per heavy atom. The second-order valence-corrected chi connectivity index (χ2v) is 17.4. The largest absolute Gasteiger partial charge is 0.463 e. The Balaban J connectivity index is 0.964. The zero-order chi connectivity index (χ0) is 40.0. The van der Waals surface area contributed by atoms with Crippen molar-refractivity contribution in [1.82, 2.24) is 10.6 Å². The molecule has 8 atom stereocenters. The van der Waals surface area contributed by atoms with Gasteiger partial charge in [0.25, 0.3) is 0 Å². The summed E-state index contributed by atoms with van der Waals surface area (Å²) in [6, 6.07) is 9.09. The third-order valence-corrected chi connectivity index (χ3v) is 13.4. The van der Waals surface area contributed by atoms with Crippen LogP contribution in [0.2, 0.25) is 0 Å². The summed E-state index contributed by atoms with van der Waals surface area (Å²) in [5.74, 6) is -0.121. The van der Waals surface area contributed by atoms with Crippen LogP contribution in [-0.4, -0.2) is 79.8 Å². The quantitative estimate of drug-likeness (QED) is 0.131. The van der Waals surface area contributed by atoms with E-state index in [9.17, 15) is 28.8 Å². The first-order chi connectivity index (χ1) is 26.0. The van der Waals surface area contributed by atoms with Crippen molar-refractivity contribution in [3.05, 3.63) is 35.9 Å². The van der Waals surface area contributed by atoms with Gasteiger partial charge in [0.05, 0.1) is 6.54 Å². The third kappa shape index (κ3) is 10.1. The molecule has 1 aromatic carbocycles. The highest BCUT2D eigenvalue weighted by Gasteiger charge is 2.62. The monoisotopic (exact) mass is 768 g/mol. The van der Waals surface area contributed by atoms with E-state index >= 15 is 0 Å². The van der Waals surface area contributed by atoms with Crippen LogP contribution < -0.4 is 10.6 Å². The van der Waals surface area contributed by atoms with Gasteiger partial charge in [0.15, 0.2) is 6.61 Å². The van der Waals surface area contributed by atoms with Crippen LogP contribution in [-0.2, 0) is 54.3 Å². The molecule has 4 aliphatic rings. The molecule has 0 spiro atoms. The number of ketones is 1. The summed E-state index contributed by atoms with van der Waals surface area (Å²) in [6.07, 6.45) is 8.38. The van der Waals surface area contributed by atoms with Gasteiger partial charge in [-0.05, 0) is 126 Å². The van der Waals surface area contributed by atoms with Crippen LogP contribution in [0.15, 0.2) is 30.3 Å². The van der Waals surface area contributed by atoms with E-state index in [-0.39, 0.29) is 49.6 Å². The smallest absolute Gasteiger partial charge is 0.407 e. The zero-order valence-electron chi connectivity index (χ0n) is 33.4. The topological polar surface area (TPSA) is 173 Å². The second kappa shape index (κ2) is 17.4. The Labute approximate surface area is 324 Å². The van der Waals surface area contributed by atoms with Gasteiger partial charge >= 0.3 is 30.0 Å². The lowest BCUT2D eigenvalue weighted by atomic mass is 9.44. The number of carbonyl (C=O) groups is 6. The molecule has 304 valence electrons. The Morgan fingerprint density at radius 1 is 0.782 bits per heavy atom. The van der Waals surface area contributed by atoms with Crippen molar-refractivity contribution in [3.63, 3.8) is 0 Å². The van der Waals surface area contributed by atoms with Crippen LogP contribution in [0.25, 0.3) is 0 Å². The first kappa shape index (κ1) is 42.1. The summed E-state index contributed by atoms with van der Waals surface area (Å²) in [5.41, 5.74) is -1.23. The molecule has 55 heavy (non-hydrogen) atoms. The van der Waals surface area contributed by atoms with Gasteiger partial charge < -0.3 is 34.3 Å². The predicted molar refractivity (Wildman–Crippen MR) is 200 cm³/mol. The first-order valence-electron chi connectivity index (χ1n) is 19.9. The highest BCUT2D eigenvalue weighted by atomic mass is 16.6. The second-order valence-electron chi connectivity index (χ2n) is 17.4. The number of alkyl carbamates (subject to hydrolysis) is 1. The number of Topliss-reactive ketones (excluding diaryl/α,β-unsaturated/α-hetero) is 1. The van der Waals surface area contributed by atoms with E-state index in [1.165, 1.54) is 13.8 Å². The molecule has 4 saturated carbocycles. The van der Waals surface area contributed by atoms with Crippen molar-refractivity contribution >= 4 is 35.8 Å². The minimum atomic E-state index is -1.67. The normalized spacial score (nSPS) is 31.1. The fraction of sp³-hybridized carbons (Fsp3) is 0.714. The van der Waals surface area contributed by atoms with Crippen LogP contribution in [0, 0.1) is 40.4 Å². The maximum absolute atomic E-state index is 13.0. The Bertz CT molecular complexity index is 1580. The summed E-state index contributed by atoms with van der Waals surface area (Å²) in [4.78, 5) is 74.4. The van der Waals surface area contributed by atoms with Crippen molar-refractivity contribution in [3.8, 4) is 0 Å². The van der Waals surface area contributed by atoms with Crippen LogP contribution in [0.4, 0.5) is 4.79 Å². The lowest BCUT2D eigenvalue weighted by Gasteiger charge is -2.62. The Morgan fingerprint density at radius 3 is 2.24 bits per heavy atom. The Hall–Kier alpha value is -4.00. The minimum Gasteiger partial charge on any atom is -0.463 e. The number of amides is 1. The van der Waals surface area contributed by atoms with Crippen molar-refractivity contribution in [2.75, 3.05) is 32.8 Å². The molecule has 0 unspecified atom stereocenters. The van der Waals surface area contributed by atoms with E-state index in [4.69, 9.17) is 23.7 Å². The average Bonchev–Trinajstić information content (AvgIpc) is 3.50. The number of benzene rings is 1. The van der Waals surface area contributed by atoms with E-state index < -0.39 is 47.8 Å². The molecule has 0 aromatic heterocycles. The lowest BCUT2D eigenvalue weighted by molar-refractivity contribution is -0.191. The fourth-order valence-corrected chi connectivity index (χ4v) is 10.5. The maximum Gasteiger partial charge on any atom is 0.407 e. The number of carbonyl (C=O) groups excluding carboxylic acids is 6. The van der Waals surface area contributed by atoms with Gasteiger partial charge in [0.1, 0.15) is 31.1 Å². The molecule has 4 fully saturated rings. The van der Waals surface area contributed by atoms with Crippen molar-refractivity contribution < 1.29 is 52.5 Å². The lowest BCUT2D eigenvalue weighted by Crippen LogP contribution is -2.56. The number of hydrogen-bond donors (Lipinski definition) is 2. The van der Waals surface area contributed by atoms with Crippen LogP contribution in [0.1, 0.15) is 105 Å². The molecule has 0 aliphatic heterocycles. The van der Waals surface area contributed by atoms with Gasteiger partial charge in [0, 0.05) is 12.5 Å².